The third-order valence-electron chi connectivity index (χ3n) is 5.13. The molecule has 0 bridgehead atoms. The van der Waals surface area contributed by atoms with Gasteiger partial charge in [0.25, 0.3) is 17.2 Å². The molecule has 0 fully saturated rings. The highest BCUT2D eigenvalue weighted by molar-refractivity contribution is 6.04. The first-order valence-corrected chi connectivity index (χ1v) is 10.7. The van der Waals surface area contributed by atoms with Gasteiger partial charge in [-0.05, 0) is 24.6 Å². The number of hydrogen-bond donors (Lipinski definition) is 1. The molecule has 0 aliphatic rings. The number of aryl methyl sites for hydroxylation is 1. The van der Waals surface area contributed by atoms with Crippen molar-refractivity contribution >= 4 is 28.6 Å². The van der Waals surface area contributed by atoms with Crippen molar-refractivity contribution in [1.82, 2.24) is 15.2 Å². The molecular weight excluding hydrogens is 438 g/mol. The van der Waals surface area contributed by atoms with Crippen LogP contribution < -0.4 is 11.0 Å². The Bertz CT molecular complexity index is 1450. The Kier molecular flexibility index (Phi) is 6.58. The van der Waals surface area contributed by atoms with E-state index in [9.17, 15) is 19.7 Å². The minimum atomic E-state index is -0.567. The molecule has 0 atom stereocenters. The summed E-state index contributed by atoms with van der Waals surface area (Å²) in [6.45, 7) is 2.42. The van der Waals surface area contributed by atoms with Crippen LogP contribution in [0.25, 0.3) is 22.1 Å². The predicted octanol–water partition coefficient (Wildman–Crippen LogP) is 4.13. The second-order valence-electron chi connectivity index (χ2n) is 7.48. The van der Waals surface area contributed by atoms with E-state index in [0.717, 1.165) is 12.8 Å². The summed E-state index contributed by atoms with van der Waals surface area (Å²) in [5.41, 5.74) is 2.77. The average molecular weight is 459 g/mol. The van der Waals surface area contributed by atoms with Gasteiger partial charge in [-0.1, -0.05) is 43.7 Å². The summed E-state index contributed by atoms with van der Waals surface area (Å²) in [5.74, 6) is 0.197. The summed E-state index contributed by atoms with van der Waals surface area (Å²) in [6, 6.07) is 16.2. The van der Waals surface area contributed by atoms with Crippen LogP contribution in [0.5, 0.6) is 0 Å². The first-order chi connectivity index (χ1) is 16.5. The lowest BCUT2D eigenvalue weighted by Gasteiger charge is -2.09. The molecule has 172 valence electrons. The van der Waals surface area contributed by atoms with E-state index in [1.807, 2.05) is 6.92 Å². The van der Waals surface area contributed by atoms with E-state index in [4.69, 9.17) is 4.42 Å². The van der Waals surface area contributed by atoms with Gasteiger partial charge in [0.2, 0.25) is 0 Å². The molecule has 0 saturated carbocycles. The molecule has 0 saturated heterocycles. The molecule has 1 N–H and O–H groups in total. The lowest BCUT2D eigenvalue weighted by Crippen LogP contribution is -2.29. The van der Waals surface area contributed by atoms with Crippen molar-refractivity contribution < 1.29 is 14.1 Å². The Morgan fingerprint density at radius 2 is 1.97 bits per heavy atom. The van der Waals surface area contributed by atoms with Crippen molar-refractivity contribution in [2.45, 2.75) is 26.3 Å². The fraction of sp³-hybridized carbons (Fsp3) is 0.167. The molecule has 0 unspecified atom stereocenters. The Hall–Kier alpha value is -4.60. The number of unbranched alkanes of at least 4 members (excludes halogenated alkanes) is 1. The summed E-state index contributed by atoms with van der Waals surface area (Å²) >= 11 is 0. The standard InChI is InChI=1S/C24H21N5O5/c1-2-3-13-28-24(31)20-10-5-4-9-19(20)22(27-28)23(30)26-25-15-18-11-12-21(34-18)16-7-6-8-17(14-16)29(32)33/h4-12,14-15H,2-3,13H2,1H3,(H,26,30)/b25-15+. The van der Waals surface area contributed by atoms with Crippen molar-refractivity contribution in [3.05, 3.63) is 92.6 Å². The number of hydrazone groups is 1. The zero-order chi connectivity index (χ0) is 24.1. The van der Waals surface area contributed by atoms with E-state index in [0.29, 0.717) is 34.4 Å². The lowest BCUT2D eigenvalue weighted by molar-refractivity contribution is -0.384. The third kappa shape index (κ3) is 4.75. The molecule has 10 heteroatoms. The molecule has 1 amide bonds. The van der Waals surface area contributed by atoms with Gasteiger partial charge in [-0.25, -0.2) is 10.1 Å². The van der Waals surface area contributed by atoms with Crippen molar-refractivity contribution in [1.29, 1.82) is 0 Å². The second kappa shape index (κ2) is 9.90. The molecule has 2 heterocycles. The number of hydrogen-bond acceptors (Lipinski definition) is 7. The largest absolute Gasteiger partial charge is 0.455 e. The van der Waals surface area contributed by atoms with Gasteiger partial charge < -0.3 is 4.42 Å². The molecular formula is C24H21N5O5. The van der Waals surface area contributed by atoms with Crippen LogP contribution >= 0.6 is 0 Å². The molecule has 10 nitrogen and oxygen atoms in total. The first-order valence-electron chi connectivity index (χ1n) is 10.7. The average Bonchev–Trinajstić information content (AvgIpc) is 3.33. The number of fused-ring (bicyclic) bond motifs is 1. The minimum absolute atomic E-state index is 0.0450. The monoisotopic (exact) mass is 459 g/mol. The number of nitrogens with zero attached hydrogens (tertiary/aromatic N) is 4. The Labute approximate surface area is 193 Å². The van der Waals surface area contributed by atoms with E-state index in [1.165, 1.54) is 23.0 Å². The highest BCUT2D eigenvalue weighted by Crippen LogP contribution is 2.25. The summed E-state index contributed by atoms with van der Waals surface area (Å²) in [4.78, 5) is 36.0. The van der Waals surface area contributed by atoms with Gasteiger partial charge in [-0.3, -0.25) is 19.7 Å². The number of non-ortho nitro benzene ring substituents is 1. The van der Waals surface area contributed by atoms with Gasteiger partial charge in [0, 0.05) is 29.6 Å². The van der Waals surface area contributed by atoms with E-state index in [-0.39, 0.29) is 16.9 Å². The Balaban J connectivity index is 1.54. The molecule has 2 aromatic carbocycles. The zero-order valence-corrected chi connectivity index (χ0v) is 18.3. The summed E-state index contributed by atoms with van der Waals surface area (Å²) < 4.78 is 6.96. The normalized spacial score (nSPS) is 11.2. The van der Waals surface area contributed by atoms with Gasteiger partial charge in [0.05, 0.1) is 16.5 Å². The fourth-order valence-corrected chi connectivity index (χ4v) is 3.42. The van der Waals surface area contributed by atoms with Gasteiger partial charge in [-0.15, -0.1) is 0 Å². The fourth-order valence-electron chi connectivity index (χ4n) is 3.42. The van der Waals surface area contributed by atoms with Crippen molar-refractivity contribution in [3.8, 4) is 11.3 Å². The number of carbonyl (C=O) groups excluding carboxylic acids is 1. The van der Waals surface area contributed by atoms with Crippen LogP contribution in [0.1, 0.15) is 36.0 Å². The van der Waals surface area contributed by atoms with E-state index in [1.54, 1.807) is 48.5 Å². The van der Waals surface area contributed by atoms with Gasteiger partial charge in [-0.2, -0.15) is 10.2 Å². The SMILES string of the molecule is CCCCn1nc(C(=O)N/N=C/c2ccc(-c3cccc([N+](=O)[O-])c3)o2)c2ccccc2c1=O. The number of nitrogens with one attached hydrogen (secondary N) is 1. The number of furan rings is 1. The van der Waals surface area contributed by atoms with Crippen LogP contribution in [0, 0.1) is 10.1 Å². The van der Waals surface area contributed by atoms with Crippen molar-refractivity contribution in [3.63, 3.8) is 0 Å². The van der Waals surface area contributed by atoms with Crippen molar-refractivity contribution in [2.75, 3.05) is 0 Å². The second-order valence-corrected chi connectivity index (χ2v) is 7.48. The van der Waals surface area contributed by atoms with Crippen molar-refractivity contribution in [2.24, 2.45) is 5.10 Å². The highest BCUT2D eigenvalue weighted by atomic mass is 16.6. The van der Waals surface area contributed by atoms with E-state index in [2.05, 4.69) is 15.6 Å². The number of carbonyl (C=O) groups is 1. The van der Waals surface area contributed by atoms with E-state index < -0.39 is 10.8 Å². The maximum absolute atomic E-state index is 12.8. The number of amides is 1. The molecule has 2 aromatic heterocycles. The van der Waals surface area contributed by atoms with Crippen LogP contribution in [0.2, 0.25) is 0 Å². The molecule has 0 spiro atoms. The lowest BCUT2D eigenvalue weighted by atomic mass is 10.1. The van der Waals surface area contributed by atoms with Gasteiger partial charge in [0.15, 0.2) is 5.69 Å². The van der Waals surface area contributed by atoms with Crippen LogP contribution in [0.4, 0.5) is 5.69 Å². The molecule has 0 aliphatic heterocycles. The number of nitro benzene ring substituents is 1. The number of benzene rings is 2. The van der Waals surface area contributed by atoms with E-state index >= 15 is 0 Å². The molecule has 34 heavy (non-hydrogen) atoms. The summed E-state index contributed by atoms with van der Waals surface area (Å²) in [7, 11) is 0. The molecule has 4 rings (SSSR count). The quantitative estimate of drug-likeness (QED) is 0.239. The van der Waals surface area contributed by atoms with Gasteiger partial charge >= 0.3 is 0 Å². The zero-order valence-electron chi connectivity index (χ0n) is 18.3. The highest BCUT2D eigenvalue weighted by Gasteiger charge is 2.16. The van der Waals surface area contributed by atoms with Crippen LogP contribution in [-0.2, 0) is 6.54 Å². The minimum Gasteiger partial charge on any atom is -0.455 e. The summed E-state index contributed by atoms with van der Waals surface area (Å²) in [5, 5.41) is 20.0. The smallest absolute Gasteiger partial charge is 0.292 e. The maximum Gasteiger partial charge on any atom is 0.292 e. The Morgan fingerprint density at radius 3 is 2.74 bits per heavy atom. The maximum atomic E-state index is 12.8. The van der Waals surface area contributed by atoms with Crippen LogP contribution in [-0.4, -0.2) is 26.8 Å². The first kappa shape index (κ1) is 22.6. The Morgan fingerprint density at radius 1 is 1.18 bits per heavy atom. The summed E-state index contributed by atoms with van der Waals surface area (Å²) in [6.07, 6.45) is 2.96. The van der Waals surface area contributed by atoms with Crippen LogP contribution in [0.15, 0.2) is 75.0 Å². The molecule has 4 aromatic rings. The topological polar surface area (TPSA) is 133 Å². The molecule has 0 aliphatic carbocycles. The number of nitro groups is 1. The number of aromatic nitrogens is 2. The predicted molar refractivity (Wildman–Crippen MR) is 127 cm³/mol. The number of rotatable bonds is 8. The van der Waals surface area contributed by atoms with Crippen LogP contribution in [0.3, 0.4) is 0 Å². The third-order valence-corrected chi connectivity index (χ3v) is 5.13. The van der Waals surface area contributed by atoms with Gasteiger partial charge in [0.1, 0.15) is 11.5 Å². The molecule has 0 radical (unpaired) electrons.